The van der Waals surface area contributed by atoms with Gasteiger partial charge in [0.1, 0.15) is 0 Å². The van der Waals surface area contributed by atoms with Crippen LogP contribution in [-0.4, -0.2) is 61.3 Å². The number of carbonyl (C=O) groups excluding carboxylic acids is 2. The van der Waals surface area contributed by atoms with Crippen LogP contribution in [0.15, 0.2) is 22.6 Å². The Balaban J connectivity index is 0.00000441. The summed E-state index contributed by atoms with van der Waals surface area (Å²) < 4.78 is 47.2. The Hall–Kier alpha value is -3.12. The number of amides is 2. The van der Waals surface area contributed by atoms with E-state index in [9.17, 15) is 18.4 Å². The molecule has 1 aliphatic carbocycles. The summed E-state index contributed by atoms with van der Waals surface area (Å²) in [6, 6.07) is 3.54. The highest BCUT2D eigenvalue weighted by Crippen LogP contribution is 2.37. The molecule has 2 amide bonds. The van der Waals surface area contributed by atoms with Gasteiger partial charge in [-0.2, -0.15) is 8.78 Å². The number of nitrogens with two attached hydrogens (primary N) is 1. The molecular formula is C27H37ClF2N4O6. The summed E-state index contributed by atoms with van der Waals surface area (Å²) in [5.41, 5.74) is 6.82. The molecular weight excluding hydrogens is 550 g/mol. The maximum Gasteiger partial charge on any atom is 0.409 e. The molecule has 4 rings (SSSR count). The third kappa shape index (κ3) is 7.75. The number of methoxy groups -OCH3 is 1. The quantitative estimate of drug-likeness (QED) is 0.369. The van der Waals surface area contributed by atoms with Gasteiger partial charge in [-0.1, -0.05) is 13.8 Å². The molecule has 1 aliphatic heterocycles. The van der Waals surface area contributed by atoms with Crippen molar-refractivity contribution in [3.63, 3.8) is 0 Å². The summed E-state index contributed by atoms with van der Waals surface area (Å²) in [6.45, 7) is 1.93. The molecule has 2 atom stereocenters. The van der Waals surface area contributed by atoms with Crippen LogP contribution in [0.2, 0.25) is 0 Å². The summed E-state index contributed by atoms with van der Waals surface area (Å²) in [7, 11) is 1.33. The fraction of sp³-hybridized carbons (Fsp3) is 0.593. The van der Waals surface area contributed by atoms with Gasteiger partial charge in [0, 0.05) is 18.7 Å². The summed E-state index contributed by atoms with van der Waals surface area (Å²) in [4.78, 5) is 31.5. The molecule has 2 fully saturated rings. The Morgan fingerprint density at radius 2 is 1.95 bits per heavy atom. The Kier molecular flexibility index (Phi) is 11.0. The van der Waals surface area contributed by atoms with Crippen LogP contribution in [0.5, 0.6) is 11.5 Å². The third-order valence-corrected chi connectivity index (χ3v) is 7.00. The minimum atomic E-state index is -3.01. The molecule has 1 saturated heterocycles. The van der Waals surface area contributed by atoms with Gasteiger partial charge in [0.05, 0.1) is 25.8 Å². The topological polar surface area (TPSA) is 129 Å². The van der Waals surface area contributed by atoms with Gasteiger partial charge in [0.25, 0.3) is 5.91 Å². The van der Waals surface area contributed by atoms with E-state index in [1.807, 2.05) is 13.8 Å². The number of nitrogens with one attached hydrogen (secondary N) is 1. The molecule has 2 aliphatic rings. The highest BCUT2D eigenvalue weighted by atomic mass is 35.5. The molecule has 1 aromatic carbocycles. The number of hydrogen-bond donors (Lipinski definition) is 2. The Morgan fingerprint density at radius 3 is 2.60 bits per heavy atom. The molecule has 1 saturated carbocycles. The molecule has 2 unspecified atom stereocenters. The highest BCUT2D eigenvalue weighted by molar-refractivity contribution is 5.94. The lowest BCUT2D eigenvalue weighted by atomic mass is 10.0. The molecule has 40 heavy (non-hydrogen) atoms. The second-order valence-electron chi connectivity index (χ2n) is 10.3. The van der Waals surface area contributed by atoms with E-state index in [1.54, 1.807) is 4.90 Å². The molecule has 222 valence electrons. The van der Waals surface area contributed by atoms with E-state index < -0.39 is 24.7 Å². The molecule has 1 aromatic heterocycles. The first kappa shape index (κ1) is 31.4. The number of ether oxygens (including phenoxy) is 3. The van der Waals surface area contributed by atoms with Crippen LogP contribution in [-0.2, 0) is 4.74 Å². The van der Waals surface area contributed by atoms with Crippen molar-refractivity contribution in [2.24, 2.45) is 17.6 Å². The Bertz CT molecular complexity index is 1160. The van der Waals surface area contributed by atoms with Crippen molar-refractivity contribution in [1.82, 2.24) is 15.2 Å². The van der Waals surface area contributed by atoms with E-state index in [1.165, 1.54) is 25.3 Å². The maximum absolute atomic E-state index is 13.3. The molecule has 2 heterocycles. The number of aromatic nitrogens is 1. The highest BCUT2D eigenvalue weighted by Gasteiger charge is 2.31. The number of piperidine rings is 1. The standard InChI is InChI=1S/C27H36F2N4O6.ClH/c1-15(2)21(30)23-22(24(34)31-13-18-6-4-5-11-33(18)27(35)36-3)32-25(39-23)17-9-10-19(38-26(28)29)20(12-17)37-14-16-7-8-16;/h9-10,12,15-16,18,21,26H,4-8,11,13-14,30H2,1-3H3,(H,31,34);1H. The van der Waals surface area contributed by atoms with Crippen LogP contribution in [0.25, 0.3) is 11.5 Å². The number of halogens is 3. The van der Waals surface area contributed by atoms with Gasteiger partial charge in [-0.25, -0.2) is 9.78 Å². The Morgan fingerprint density at radius 1 is 1.20 bits per heavy atom. The zero-order valence-electron chi connectivity index (χ0n) is 22.9. The fourth-order valence-corrected chi connectivity index (χ4v) is 4.45. The lowest BCUT2D eigenvalue weighted by Gasteiger charge is -2.34. The van der Waals surface area contributed by atoms with Crippen LogP contribution >= 0.6 is 12.4 Å². The van der Waals surface area contributed by atoms with Gasteiger partial charge in [-0.15, -0.1) is 12.4 Å². The van der Waals surface area contributed by atoms with Gasteiger partial charge in [0.2, 0.25) is 5.89 Å². The normalized spacial score (nSPS) is 17.8. The molecule has 13 heteroatoms. The van der Waals surface area contributed by atoms with E-state index in [-0.39, 0.29) is 59.8 Å². The van der Waals surface area contributed by atoms with Crippen LogP contribution in [0.3, 0.4) is 0 Å². The van der Waals surface area contributed by atoms with Crippen molar-refractivity contribution in [3.8, 4) is 23.0 Å². The molecule has 10 nitrogen and oxygen atoms in total. The maximum atomic E-state index is 13.3. The van der Waals surface area contributed by atoms with Gasteiger partial charge >= 0.3 is 12.7 Å². The van der Waals surface area contributed by atoms with E-state index in [2.05, 4.69) is 15.0 Å². The third-order valence-electron chi connectivity index (χ3n) is 7.00. The van der Waals surface area contributed by atoms with Crippen molar-refractivity contribution in [3.05, 3.63) is 29.7 Å². The molecule has 0 spiro atoms. The fourth-order valence-electron chi connectivity index (χ4n) is 4.45. The predicted molar refractivity (Wildman–Crippen MR) is 145 cm³/mol. The van der Waals surface area contributed by atoms with Crippen LogP contribution in [0.1, 0.15) is 68.2 Å². The van der Waals surface area contributed by atoms with Gasteiger partial charge in [0.15, 0.2) is 23.0 Å². The molecule has 0 bridgehead atoms. The number of nitrogens with zero attached hydrogens (tertiary/aromatic N) is 2. The van der Waals surface area contributed by atoms with E-state index in [0.29, 0.717) is 24.6 Å². The van der Waals surface area contributed by atoms with Gasteiger partial charge < -0.3 is 34.6 Å². The van der Waals surface area contributed by atoms with Gasteiger partial charge in [-0.3, -0.25) is 4.79 Å². The van der Waals surface area contributed by atoms with Crippen LogP contribution in [0, 0.1) is 11.8 Å². The summed E-state index contributed by atoms with van der Waals surface area (Å²) in [6.07, 6.45) is 4.15. The number of rotatable bonds is 11. The average Bonchev–Trinajstić information content (AvgIpc) is 3.65. The van der Waals surface area contributed by atoms with Gasteiger partial charge in [-0.05, 0) is 62.1 Å². The molecule has 0 radical (unpaired) electrons. The number of oxazole rings is 1. The predicted octanol–water partition coefficient (Wildman–Crippen LogP) is 5.16. The first-order chi connectivity index (χ1) is 18.7. The minimum absolute atomic E-state index is 0. The lowest BCUT2D eigenvalue weighted by molar-refractivity contribution is -0.0515. The smallest absolute Gasteiger partial charge is 0.409 e. The Labute approximate surface area is 238 Å². The zero-order chi connectivity index (χ0) is 28.1. The second-order valence-corrected chi connectivity index (χ2v) is 10.3. The van der Waals surface area contributed by atoms with Crippen LogP contribution < -0.4 is 20.5 Å². The minimum Gasteiger partial charge on any atom is -0.489 e. The number of alkyl halides is 2. The number of benzene rings is 1. The first-order valence-corrected chi connectivity index (χ1v) is 13.3. The zero-order valence-corrected chi connectivity index (χ0v) is 23.7. The van der Waals surface area contributed by atoms with Crippen molar-refractivity contribution in [2.75, 3.05) is 26.8 Å². The molecule has 2 aromatic rings. The SMILES string of the molecule is COC(=O)N1CCCCC1CNC(=O)c1nc(-c2ccc(OC(F)F)c(OCC3CC3)c2)oc1C(N)C(C)C.Cl. The number of hydrogen-bond acceptors (Lipinski definition) is 8. The average molecular weight is 587 g/mol. The largest absolute Gasteiger partial charge is 0.489 e. The van der Waals surface area contributed by atoms with Crippen LogP contribution in [0.4, 0.5) is 13.6 Å². The van der Waals surface area contributed by atoms with Crippen molar-refractivity contribution in [1.29, 1.82) is 0 Å². The first-order valence-electron chi connectivity index (χ1n) is 13.3. The van der Waals surface area contributed by atoms with E-state index >= 15 is 0 Å². The lowest BCUT2D eigenvalue weighted by Crippen LogP contribution is -2.49. The number of likely N-dealkylation sites (tertiary alicyclic amines) is 1. The van der Waals surface area contributed by atoms with E-state index in [0.717, 1.165) is 32.1 Å². The summed E-state index contributed by atoms with van der Waals surface area (Å²) in [5.74, 6) is 0.179. The molecule has 3 N–H and O–H groups in total. The summed E-state index contributed by atoms with van der Waals surface area (Å²) >= 11 is 0. The van der Waals surface area contributed by atoms with Crippen molar-refractivity contribution >= 4 is 24.4 Å². The van der Waals surface area contributed by atoms with Crippen molar-refractivity contribution in [2.45, 2.75) is 64.6 Å². The van der Waals surface area contributed by atoms with Crippen molar-refractivity contribution < 1.29 is 37.0 Å². The second kappa shape index (κ2) is 14.0. The number of carbonyl (C=O) groups is 2. The summed E-state index contributed by atoms with van der Waals surface area (Å²) in [5, 5.41) is 2.86. The monoisotopic (exact) mass is 586 g/mol. The van der Waals surface area contributed by atoms with E-state index in [4.69, 9.17) is 19.6 Å².